The second-order valence-corrected chi connectivity index (χ2v) is 5.09. The van der Waals surface area contributed by atoms with Crippen LogP contribution in [0.2, 0.25) is 0 Å². The summed E-state index contributed by atoms with van der Waals surface area (Å²) in [5, 5.41) is 12.1. The van der Waals surface area contributed by atoms with Crippen molar-refractivity contribution in [2.75, 3.05) is 11.9 Å². The van der Waals surface area contributed by atoms with Crippen LogP contribution < -0.4 is 5.32 Å². The third kappa shape index (κ3) is 7.51. The Morgan fingerprint density at radius 1 is 0.895 bits per heavy atom. The first-order valence-corrected chi connectivity index (χ1v) is 7.61. The zero-order chi connectivity index (χ0) is 13.8. The molecule has 0 aliphatic rings. The molecular weight excluding hydrogens is 232 g/mol. The SMILES string of the molecule is CCCCCCCCCCNc1ccc(C#N)cc1. The average molecular weight is 258 g/mol. The molecule has 1 N–H and O–H groups in total. The minimum atomic E-state index is 0.720. The van der Waals surface area contributed by atoms with Crippen molar-refractivity contribution in [3.63, 3.8) is 0 Å². The maximum absolute atomic E-state index is 8.71. The molecule has 0 fully saturated rings. The molecule has 19 heavy (non-hydrogen) atoms. The van der Waals surface area contributed by atoms with E-state index in [1.165, 1.54) is 51.4 Å². The largest absolute Gasteiger partial charge is 0.385 e. The van der Waals surface area contributed by atoms with Gasteiger partial charge in [-0.3, -0.25) is 0 Å². The van der Waals surface area contributed by atoms with Gasteiger partial charge in [0.2, 0.25) is 0 Å². The van der Waals surface area contributed by atoms with E-state index >= 15 is 0 Å². The van der Waals surface area contributed by atoms with E-state index in [2.05, 4.69) is 18.3 Å². The minimum Gasteiger partial charge on any atom is -0.385 e. The van der Waals surface area contributed by atoms with Gasteiger partial charge in [0.15, 0.2) is 0 Å². The van der Waals surface area contributed by atoms with Crippen LogP contribution in [0.5, 0.6) is 0 Å². The van der Waals surface area contributed by atoms with Crippen LogP contribution in [0, 0.1) is 11.3 Å². The number of unbranched alkanes of at least 4 members (excludes halogenated alkanes) is 7. The van der Waals surface area contributed by atoms with Gasteiger partial charge in [-0.2, -0.15) is 5.26 Å². The summed E-state index contributed by atoms with van der Waals surface area (Å²) in [7, 11) is 0. The second kappa shape index (κ2) is 10.4. The van der Waals surface area contributed by atoms with Crippen molar-refractivity contribution in [1.82, 2.24) is 0 Å². The average Bonchev–Trinajstić information content (AvgIpc) is 2.46. The summed E-state index contributed by atoms with van der Waals surface area (Å²) >= 11 is 0. The highest BCUT2D eigenvalue weighted by Crippen LogP contribution is 2.11. The fraction of sp³-hybridized carbons (Fsp3) is 0.588. The smallest absolute Gasteiger partial charge is 0.0991 e. The van der Waals surface area contributed by atoms with Crippen molar-refractivity contribution in [2.45, 2.75) is 58.3 Å². The first-order chi connectivity index (χ1) is 9.36. The van der Waals surface area contributed by atoms with Gasteiger partial charge in [-0.25, -0.2) is 0 Å². The molecule has 0 aliphatic carbocycles. The van der Waals surface area contributed by atoms with Gasteiger partial charge in [-0.05, 0) is 30.7 Å². The van der Waals surface area contributed by atoms with Gasteiger partial charge in [-0.1, -0.05) is 51.9 Å². The molecule has 0 atom stereocenters. The van der Waals surface area contributed by atoms with E-state index in [-0.39, 0.29) is 0 Å². The van der Waals surface area contributed by atoms with E-state index in [1.54, 1.807) is 0 Å². The van der Waals surface area contributed by atoms with Crippen molar-refractivity contribution in [1.29, 1.82) is 5.26 Å². The second-order valence-electron chi connectivity index (χ2n) is 5.09. The molecule has 1 rings (SSSR count). The summed E-state index contributed by atoms with van der Waals surface area (Å²) in [6, 6.07) is 9.80. The molecule has 2 nitrogen and oxygen atoms in total. The van der Waals surface area contributed by atoms with Crippen molar-refractivity contribution in [3.8, 4) is 6.07 Å². The predicted octanol–water partition coefficient (Wildman–Crippen LogP) is 5.11. The molecule has 0 aliphatic heterocycles. The summed E-state index contributed by atoms with van der Waals surface area (Å²) in [5.74, 6) is 0. The Hall–Kier alpha value is -1.49. The molecule has 2 heteroatoms. The van der Waals surface area contributed by atoms with Crippen molar-refractivity contribution in [2.24, 2.45) is 0 Å². The molecule has 0 saturated carbocycles. The van der Waals surface area contributed by atoms with Gasteiger partial charge in [0.05, 0.1) is 11.6 Å². The highest BCUT2D eigenvalue weighted by Gasteiger charge is 1.94. The zero-order valence-corrected chi connectivity index (χ0v) is 12.1. The molecule has 0 unspecified atom stereocenters. The molecule has 0 amide bonds. The van der Waals surface area contributed by atoms with E-state index < -0.39 is 0 Å². The minimum absolute atomic E-state index is 0.720. The highest BCUT2D eigenvalue weighted by atomic mass is 14.9. The summed E-state index contributed by atoms with van der Waals surface area (Å²) < 4.78 is 0. The third-order valence-electron chi connectivity index (χ3n) is 3.37. The van der Waals surface area contributed by atoms with Gasteiger partial charge in [-0.15, -0.1) is 0 Å². The third-order valence-corrected chi connectivity index (χ3v) is 3.37. The number of benzene rings is 1. The highest BCUT2D eigenvalue weighted by molar-refractivity contribution is 5.46. The van der Waals surface area contributed by atoms with Crippen LogP contribution in [-0.2, 0) is 0 Å². The van der Waals surface area contributed by atoms with E-state index in [1.807, 2.05) is 24.3 Å². The Balaban J connectivity index is 1.97. The molecule has 0 saturated heterocycles. The van der Waals surface area contributed by atoms with E-state index in [0.717, 1.165) is 17.8 Å². The number of hydrogen-bond acceptors (Lipinski definition) is 2. The predicted molar refractivity (Wildman–Crippen MR) is 82.3 cm³/mol. The zero-order valence-electron chi connectivity index (χ0n) is 12.1. The van der Waals surface area contributed by atoms with Crippen LogP contribution in [0.3, 0.4) is 0 Å². The van der Waals surface area contributed by atoms with Gasteiger partial charge in [0.25, 0.3) is 0 Å². The van der Waals surface area contributed by atoms with Crippen LogP contribution in [0.1, 0.15) is 63.9 Å². The fourth-order valence-electron chi connectivity index (χ4n) is 2.15. The first-order valence-electron chi connectivity index (χ1n) is 7.61. The molecule has 0 spiro atoms. The maximum atomic E-state index is 8.71. The number of nitrogens with zero attached hydrogens (tertiary/aromatic N) is 1. The summed E-state index contributed by atoms with van der Waals surface area (Å²) in [6.07, 6.45) is 10.8. The number of nitriles is 1. The molecular formula is C17H26N2. The van der Waals surface area contributed by atoms with Crippen LogP contribution in [0.25, 0.3) is 0 Å². The van der Waals surface area contributed by atoms with E-state index in [9.17, 15) is 0 Å². The van der Waals surface area contributed by atoms with Crippen LogP contribution in [-0.4, -0.2) is 6.54 Å². The van der Waals surface area contributed by atoms with Crippen LogP contribution in [0.4, 0.5) is 5.69 Å². The van der Waals surface area contributed by atoms with Crippen molar-refractivity contribution in [3.05, 3.63) is 29.8 Å². The Bertz CT molecular complexity index is 362. The standard InChI is InChI=1S/C17H26N2/c1-2-3-4-5-6-7-8-9-14-19-17-12-10-16(15-18)11-13-17/h10-13,19H,2-9,14H2,1H3. The lowest BCUT2D eigenvalue weighted by molar-refractivity contribution is 0.581. The maximum Gasteiger partial charge on any atom is 0.0991 e. The monoisotopic (exact) mass is 258 g/mol. The van der Waals surface area contributed by atoms with Crippen LogP contribution in [0.15, 0.2) is 24.3 Å². The van der Waals surface area contributed by atoms with Gasteiger partial charge in [0, 0.05) is 12.2 Å². The number of anilines is 1. The lowest BCUT2D eigenvalue weighted by Gasteiger charge is -2.06. The molecule has 1 aromatic carbocycles. The van der Waals surface area contributed by atoms with Crippen molar-refractivity contribution < 1.29 is 0 Å². The van der Waals surface area contributed by atoms with Crippen LogP contribution >= 0.6 is 0 Å². The lowest BCUT2D eigenvalue weighted by Crippen LogP contribution is -2.01. The number of nitrogens with one attached hydrogen (secondary N) is 1. The Kier molecular flexibility index (Phi) is 8.55. The van der Waals surface area contributed by atoms with Crippen molar-refractivity contribution >= 4 is 5.69 Å². The summed E-state index contributed by atoms with van der Waals surface area (Å²) in [5.41, 5.74) is 1.83. The molecule has 104 valence electrons. The molecule has 0 radical (unpaired) electrons. The molecule has 0 bridgehead atoms. The molecule has 0 aromatic heterocycles. The first kappa shape index (κ1) is 15.6. The topological polar surface area (TPSA) is 35.8 Å². The molecule has 0 heterocycles. The van der Waals surface area contributed by atoms with Gasteiger partial charge < -0.3 is 5.32 Å². The van der Waals surface area contributed by atoms with E-state index in [4.69, 9.17) is 5.26 Å². The number of hydrogen-bond donors (Lipinski definition) is 1. The molecule has 1 aromatic rings. The van der Waals surface area contributed by atoms with Gasteiger partial charge in [0.1, 0.15) is 0 Å². The normalized spacial score (nSPS) is 10.1. The fourth-order valence-corrected chi connectivity index (χ4v) is 2.15. The Morgan fingerprint density at radius 3 is 2.05 bits per heavy atom. The summed E-state index contributed by atoms with van der Waals surface area (Å²) in [4.78, 5) is 0. The van der Waals surface area contributed by atoms with Gasteiger partial charge >= 0.3 is 0 Å². The lowest BCUT2D eigenvalue weighted by atomic mass is 10.1. The summed E-state index contributed by atoms with van der Waals surface area (Å²) in [6.45, 7) is 3.29. The number of rotatable bonds is 10. The quantitative estimate of drug-likeness (QED) is 0.592. The van der Waals surface area contributed by atoms with E-state index in [0.29, 0.717) is 0 Å². The Morgan fingerprint density at radius 2 is 1.47 bits per heavy atom. The Labute approximate surface area is 117 Å².